The number of likely N-dealkylation sites (tertiary alicyclic amines) is 1. The molecule has 0 aliphatic carbocycles. The van der Waals surface area contributed by atoms with Gasteiger partial charge in [-0.15, -0.1) is 5.10 Å². The predicted molar refractivity (Wildman–Crippen MR) is 79.3 cm³/mol. The van der Waals surface area contributed by atoms with Crippen molar-refractivity contribution < 1.29 is 14.0 Å². The SMILES string of the molecule is Cc1c(C(=O)N2CCC(C(N)=O)C2)nnn1-c1ccc(F)cc1. The lowest BCUT2D eigenvalue weighted by Crippen LogP contribution is -2.32. The molecule has 7 nitrogen and oxygen atoms in total. The predicted octanol–water partition coefficient (Wildman–Crippen LogP) is 0.662. The molecule has 1 aromatic carbocycles. The van der Waals surface area contributed by atoms with E-state index in [0.717, 1.165) is 0 Å². The first-order valence-corrected chi connectivity index (χ1v) is 7.24. The van der Waals surface area contributed by atoms with Crippen LogP contribution in [-0.4, -0.2) is 44.8 Å². The lowest BCUT2D eigenvalue weighted by molar-refractivity contribution is -0.121. The van der Waals surface area contributed by atoms with Crippen LogP contribution in [0.3, 0.4) is 0 Å². The van der Waals surface area contributed by atoms with E-state index in [-0.39, 0.29) is 23.3 Å². The maximum Gasteiger partial charge on any atom is 0.276 e. The number of hydrogen-bond acceptors (Lipinski definition) is 4. The highest BCUT2D eigenvalue weighted by atomic mass is 19.1. The highest BCUT2D eigenvalue weighted by Gasteiger charge is 2.32. The van der Waals surface area contributed by atoms with Crippen LogP contribution >= 0.6 is 0 Å². The second kappa shape index (κ2) is 5.79. The molecule has 1 unspecified atom stereocenters. The van der Waals surface area contributed by atoms with Crippen LogP contribution in [-0.2, 0) is 4.79 Å². The second-order valence-corrected chi connectivity index (χ2v) is 5.55. The van der Waals surface area contributed by atoms with Crippen LogP contribution < -0.4 is 5.73 Å². The zero-order valence-electron chi connectivity index (χ0n) is 12.6. The van der Waals surface area contributed by atoms with E-state index in [2.05, 4.69) is 10.3 Å². The standard InChI is InChI=1S/C15H16FN5O2/c1-9-13(15(23)20-7-6-10(8-20)14(17)22)18-19-21(9)12-4-2-11(16)3-5-12/h2-5,10H,6-8H2,1H3,(H2,17,22). The fourth-order valence-corrected chi connectivity index (χ4v) is 2.68. The smallest absolute Gasteiger partial charge is 0.276 e. The Hall–Kier alpha value is -2.77. The Morgan fingerprint density at radius 3 is 2.61 bits per heavy atom. The summed E-state index contributed by atoms with van der Waals surface area (Å²) in [5.41, 5.74) is 6.68. The van der Waals surface area contributed by atoms with Gasteiger partial charge in [0.1, 0.15) is 5.82 Å². The van der Waals surface area contributed by atoms with E-state index in [1.807, 2.05) is 0 Å². The van der Waals surface area contributed by atoms with E-state index in [4.69, 9.17) is 5.73 Å². The molecule has 23 heavy (non-hydrogen) atoms. The van der Waals surface area contributed by atoms with Crippen molar-refractivity contribution in [2.45, 2.75) is 13.3 Å². The zero-order chi connectivity index (χ0) is 16.6. The Morgan fingerprint density at radius 1 is 1.30 bits per heavy atom. The van der Waals surface area contributed by atoms with Crippen LogP contribution in [0.15, 0.2) is 24.3 Å². The number of halogens is 1. The fourth-order valence-electron chi connectivity index (χ4n) is 2.68. The number of rotatable bonds is 3. The van der Waals surface area contributed by atoms with Crippen LogP contribution in [0.2, 0.25) is 0 Å². The zero-order valence-corrected chi connectivity index (χ0v) is 12.6. The molecule has 8 heteroatoms. The van der Waals surface area contributed by atoms with Crippen molar-refractivity contribution in [3.05, 3.63) is 41.5 Å². The summed E-state index contributed by atoms with van der Waals surface area (Å²) in [5.74, 6) is -1.34. The third-order valence-electron chi connectivity index (χ3n) is 4.05. The molecule has 2 heterocycles. The molecule has 1 atom stereocenters. The van der Waals surface area contributed by atoms with Crippen LogP contribution in [0.1, 0.15) is 22.6 Å². The van der Waals surface area contributed by atoms with Crippen molar-refractivity contribution in [1.29, 1.82) is 0 Å². The highest BCUT2D eigenvalue weighted by molar-refractivity contribution is 5.94. The molecule has 1 fully saturated rings. The monoisotopic (exact) mass is 317 g/mol. The molecule has 2 amide bonds. The van der Waals surface area contributed by atoms with Crippen molar-refractivity contribution >= 4 is 11.8 Å². The molecular weight excluding hydrogens is 301 g/mol. The van der Waals surface area contributed by atoms with Gasteiger partial charge in [0.15, 0.2) is 5.69 Å². The first-order valence-electron chi connectivity index (χ1n) is 7.24. The second-order valence-electron chi connectivity index (χ2n) is 5.55. The molecular formula is C15H16FN5O2. The molecule has 0 bridgehead atoms. The van der Waals surface area contributed by atoms with Crippen LogP contribution in [0, 0.1) is 18.7 Å². The molecule has 2 aromatic rings. The van der Waals surface area contributed by atoms with Gasteiger partial charge in [-0.2, -0.15) is 0 Å². The van der Waals surface area contributed by atoms with Crippen LogP contribution in [0.25, 0.3) is 5.69 Å². The highest BCUT2D eigenvalue weighted by Crippen LogP contribution is 2.20. The van der Waals surface area contributed by atoms with Gasteiger partial charge in [-0.1, -0.05) is 5.21 Å². The van der Waals surface area contributed by atoms with Crippen molar-refractivity contribution in [3.8, 4) is 5.69 Å². The Balaban J connectivity index is 1.83. The van der Waals surface area contributed by atoms with Crippen LogP contribution in [0.4, 0.5) is 4.39 Å². The van der Waals surface area contributed by atoms with Gasteiger partial charge < -0.3 is 10.6 Å². The Morgan fingerprint density at radius 2 is 2.00 bits per heavy atom. The van der Waals surface area contributed by atoms with E-state index < -0.39 is 5.91 Å². The first-order chi connectivity index (χ1) is 11.0. The number of hydrogen-bond donors (Lipinski definition) is 1. The Labute approximate surface area is 131 Å². The van der Waals surface area contributed by atoms with Gasteiger partial charge in [0.05, 0.1) is 17.3 Å². The molecule has 1 aromatic heterocycles. The average molecular weight is 317 g/mol. The summed E-state index contributed by atoms with van der Waals surface area (Å²) in [6, 6.07) is 5.75. The lowest BCUT2D eigenvalue weighted by atomic mass is 10.1. The summed E-state index contributed by atoms with van der Waals surface area (Å²) in [6.45, 7) is 2.49. The van der Waals surface area contributed by atoms with Crippen molar-refractivity contribution in [2.75, 3.05) is 13.1 Å². The van der Waals surface area contributed by atoms with Crippen molar-refractivity contribution in [2.24, 2.45) is 11.7 Å². The van der Waals surface area contributed by atoms with Crippen molar-refractivity contribution in [3.63, 3.8) is 0 Å². The van der Waals surface area contributed by atoms with Crippen molar-refractivity contribution in [1.82, 2.24) is 19.9 Å². The third-order valence-corrected chi connectivity index (χ3v) is 4.05. The number of nitrogens with two attached hydrogens (primary N) is 1. The van der Waals surface area contributed by atoms with E-state index in [1.54, 1.807) is 24.0 Å². The topological polar surface area (TPSA) is 94.1 Å². The van der Waals surface area contributed by atoms with Gasteiger partial charge in [0, 0.05) is 13.1 Å². The molecule has 1 aliphatic rings. The number of benzene rings is 1. The molecule has 0 radical (unpaired) electrons. The normalized spacial score (nSPS) is 17.5. The molecule has 1 aliphatic heterocycles. The van der Waals surface area contributed by atoms with Gasteiger partial charge in [-0.3, -0.25) is 9.59 Å². The Kier molecular flexibility index (Phi) is 3.81. The number of carbonyl (C=O) groups is 2. The number of primary amides is 1. The molecule has 2 N–H and O–H groups in total. The van der Waals surface area contributed by atoms with Gasteiger partial charge in [-0.05, 0) is 37.6 Å². The molecule has 1 saturated heterocycles. The summed E-state index contributed by atoms with van der Waals surface area (Å²) in [6.07, 6.45) is 0.562. The van der Waals surface area contributed by atoms with E-state index in [1.165, 1.54) is 16.8 Å². The van der Waals surface area contributed by atoms with E-state index in [0.29, 0.717) is 30.9 Å². The van der Waals surface area contributed by atoms with Crippen LogP contribution in [0.5, 0.6) is 0 Å². The minimum Gasteiger partial charge on any atom is -0.369 e. The Bertz CT molecular complexity index is 756. The molecule has 120 valence electrons. The maximum absolute atomic E-state index is 13.0. The van der Waals surface area contributed by atoms with Gasteiger partial charge in [0.25, 0.3) is 5.91 Å². The van der Waals surface area contributed by atoms with Gasteiger partial charge >= 0.3 is 0 Å². The third kappa shape index (κ3) is 2.79. The molecule has 3 rings (SSSR count). The van der Waals surface area contributed by atoms with Gasteiger partial charge in [0.2, 0.25) is 5.91 Å². The summed E-state index contributed by atoms with van der Waals surface area (Å²) in [4.78, 5) is 25.3. The fraction of sp³-hybridized carbons (Fsp3) is 0.333. The van der Waals surface area contributed by atoms with Gasteiger partial charge in [-0.25, -0.2) is 9.07 Å². The maximum atomic E-state index is 13.0. The quantitative estimate of drug-likeness (QED) is 0.900. The van der Waals surface area contributed by atoms with E-state index >= 15 is 0 Å². The largest absolute Gasteiger partial charge is 0.369 e. The molecule has 0 spiro atoms. The first kappa shape index (κ1) is 15.1. The lowest BCUT2D eigenvalue weighted by Gasteiger charge is -2.14. The molecule has 0 saturated carbocycles. The minimum atomic E-state index is -0.396. The summed E-state index contributed by atoms with van der Waals surface area (Å²) in [5, 5.41) is 7.91. The number of nitrogens with zero attached hydrogens (tertiary/aromatic N) is 4. The summed E-state index contributed by atoms with van der Waals surface area (Å²) < 4.78 is 14.5. The van der Waals surface area contributed by atoms with E-state index in [9.17, 15) is 14.0 Å². The number of aromatic nitrogens is 3. The minimum absolute atomic E-state index is 0.222. The number of amides is 2. The number of carbonyl (C=O) groups excluding carboxylic acids is 2. The average Bonchev–Trinajstić information content (AvgIpc) is 3.15. The summed E-state index contributed by atoms with van der Waals surface area (Å²) >= 11 is 0. The summed E-state index contributed by atoms with van der Waals surface area (Å²) in [7, 11) is 0.